The van der Waals surface area contributed by atoms with Crippen LogP contribution in [0.2, 0.25) is 5.02 Å². The van der Waals surface area contributed by atoms with Crippen molar-refractivity contribution in [2.45, 2.75) is 39.1 Å². The number of fused-ring (bicyclic) bond motifs is 1. The van der Waals surface area contributed by atoms with E-state index in [2.05, 4.69) is 0 Å². The van der Waals surface area contributed by atoms with Gasteiger partial charge in [-0.1, -0.05) is 29.8 Å². The number of hydrogen-bond acceptors (Lipinski definition) is 6. The van der Waals surface area contributed by atoms with Gasteiger partial charge in [-0.3, -0.25) is 8.72 Å². The van der Waals surface area contributed by atoms with Crippen LogP contribution in [-0.2, 0) is 21.3 Å². The van der Waals surface area contributed by atoms with E-state index in [1.807, 2.05) is 31.2 Å². The number of sulfonamides is 1. The van der Waals surface area contributed by atoms with E-state index in [4.69, 9.17) is 32.5 Å². The monoisotopic (exact) mass is 574 g/mol. The number of carbonyl (C=O) groups is 1. The summed E-state index contributed by atoms with van der Waals surface area (Å²) in [6.45, 7) is 7.70. The first-order valence-electron chi connectivity index (χ1n) is 12.1. The minimum atomic E-state index is -4.01. The molecule has 0 amide bonds. The number of carbonyl (C=O) groups excluding carboxylic acids is 1. The van der Waals surface area contributed by atoms with Gasteiger partial charge in [0, 0.05) is 34.3 Å². The van der Waals surface area contributed by atoms with Gasteiger partial charge < -0.3 is 9.15 Å². The highest BCUT2D eigenvalue weighted by Crippen LogP contribution is 2.34. The molecule has 10 heteroatoms. The second-order valence-corrected chi connectivity index (χ2v) is 11.4. The maximum Gasteiger partial charge on any atom is 0.374 e. The Morgan fingerprint density at radius 1 is 1.00 bits per heavy atom. The number of anilines is 2. The first-order valence-corrected chi connectivity index (χ1v) is 14.2. The average molecular weight is 576 g/mol. The van der Waals surface area contributed by atoms with Crippen molar-refractivity contribution in [2.24, 2.45) is 0 Å². The SMILES string of the molecule is CCOC(=O)c1oc2ccc(S(=O)(=O)N(CC)c3ccc(Cl)cc3CN(Cl)c3ccccc3C)cc2c1C. The zero-order chi connectivity index (χ0) is 27.6. The molecule has 200 valence electrons. The Bertz CT molecular complexity index is 1600. The number of hydrogen-bond donors (Lipinski definition) is 0. The lowest BCUT2D eigenvalue weighted by molar-refractivity contribution is 0.0491. The minimum Gasteiger partial charge on any atom is -0.460 e. The molecule has 3 aromatic carbocycles. The van der Waals surface area contributed by atoms with Crippen LogP contribution in [0, 0.1) is 13.8 Å². The Balaban J connectivity index is 1.75. The second-order valence-electron chi connectivity index (χ2n) is 8.68. The molecule has 1 aromatic heterocycles. The molecule has 0 N–H and O–H groups in total. The molecular weight excluding hydrogens is 547 g/mol. The molecule has 0 saturated carbocycles. The summed E-state index contributed by atoms with van der Waals surface area (Å²) in [5.74, 6) is -0.534. The summed E-state index contributed by atoms with van der Waals surface area (Å²) < 4.78 is 41.5. The Morgan fingerprint density at radius 2 is 1.74 bits per heavy atom. The van der Waals surface area contributed by atoms with E-state index >= 15 is 0 Å². The van der Waals surface area contributed by atoms with Gasteiger partial charge in [0.1, 0.15) is 5.58 Å². The zero-order valence-electron chi connectivity index (χ0n) is 21.5. The van der Waals surface area contributed by atoms with Gasteiger partial charge in [-0.15, -0.1) is 0 Å². The molecule has 0 fully saturated rings. The van der Waals surface area contributed by atoms with Gasteiger partial charge in [0.25, 0.3) is 10.0 Å². The maximum atomic E-state index is 13.9. The summed E-state index contributed by atoms with van der Waals surface area (Å²) in [6.07, 6.45) is 0. The van der Waals surface area contributed by atoms with E-state index < -0.39 is 16.0 Å². The van der Waals surface area contributed by atoms with Crippen molar-refractivity contribution in [2.75, 3.05) is 21.9 Å². The third-order valence-corrected chi connectivity index (χ3v) is 8.66. The van der Waals surface area contributed by atoms with Crippen molar-refractivity contribution in [3.63, 3.8) is 0 Å². The van der Waals surface area contributed by atoms with Crippen molar-refractivity contribution in [3.8, 4) is 0 Å². The quantitative estimate of drug-likeness (QED) is 0.154. The molecular formula is C28H28Cl2N2O5S. The van der Waals surface area contributed by atoms with Gasteiger partial charge in [-0.25, -0.2) is 13.2 Å². The Morgan fingerprint density at radius 3 is 2.42 bits per heavy atom. The Hall–Kier alpha value is -3.20. The van der Waals surface area contributed by atoms with Crippen molar-refractivity contribution in [3.05, 3.63) is 88.1 Å². The summed E-state index contributed by atoms with van der Waals surface area (Å²) in [4.78, 5) is 12.3. The van der Waals surface area contributed by atoms with Crippen molar-refractivity contribution in [1.29, 1.82) is 0 Å². The number of aryl methyl sites for hydroxylation is 2. The Kier molecular flexibility index (Phi) is 8.25. The molecule has 0 unspecified atom stereocenters. The number of ether oxygens (including phenoxy) is 1. The molecule has 0 atom stereocenters. The topological polar surface area (TPSA) is 80.1 Å². The van der Waals surface area contributed by atoms with Gasteiger partial charge in [-0.2, -0.15) is 0 Å². The van der Waals surface area contributed by atoms with Gasteiger partial charge in [0.05, 0.1) is 29.4 Å². The zero-order valence-corrected chi connectivity index (χ0v) is 23.8. The highest BCUT2D eigenvalue weighted by atomic mass is 35.5. The van der Waals surface area contributed by atoms with Crippen molar-refractivity contribution in [1.82, 2.24) is 0 Å². The molecule has 4 aromatic rings. The summed E-state index contributed by atoms with van der Waals surface area (Å²) in [5.41, 5.74) is 3.82. The third-order valence-electron chi connectivity index (χ3n) is 6.24. The van der Waals surface area contributed by atoms with E-state index in [0.717, 1.165) is 11.3 Å². The van der Waals surface area contributed by atoms with Crippen LogP contribution < -0.4 is 8.72 Å². The fourth-order valence-corrected chi connectivity index (χ4v) is 6.39. The van der Waals surface area contributed by atoms with Crippen LogP contribution in [-0.4, -0.2) is 27.5 Å². The number of nitrogens with zero attached hydrogens (tertiary/aromatic N) is 2. The number of para-hydroxylation sites is 1. The van der Waals surface area contributed by atoms with Crippen molar-refractivity contribution >= 4 is 61.7 Å². The lowest BCUT2D eigenvalue weighted by Crippen LogP contribution is -2.32. The van der Waals surface area contributed by atoms with E-state index in [-0.39, 0.29) is 30.4 Å². The molecule has 0 aliphatic heterocycles. The number of benzene rings is 3. The summed E-state index contributed by atoms with van der Waals surface area (Å²) >= 11 is 13.0. The van der Waals surface area contributed by atoms with E-state index in [0.29, 0.717) is 32.8 Å². The average Bonchev–Trinajstić information content (AvgIpc) is 3.22. The second kappa shape index (κ2) is 11.3. The molecule has 0 spiro atoms. The highest BCUT2D eigenvalue weighted by molar-refractivity contribution is 7.92. The predicted molar refractivity (Wildman–Crippen MR) is 152 cm³/mol. The molecule has 0 aliphatic carbocycles. The largest absolute Gasteiger partial charge is 0.460 e. The van der Waals surface area contributed by atoms with Crippen LogP contribution >= 0.6 is 23.4 Å². The van der Waals surface area contributed by atoms with E-state index in [9.17, 15) is 13.2 Å². The van der Waals surface area contributed by atoms with E-state index in [1.165, 1.54) is 16.4 Å². The highest BCUT2D eigenvalue weighted by Gasteiger charge is 2.28. The van der Waals surface area contributed by atoms with Gasteiger partial charge in [0.2, 0.25) is 5.76 Å². The van der Waals surface area contributed by atoms with Gasteiger partial charge in [-0.05, 0) is 81.3 Å². The van der Waals surface area contributed by atoms with E-state index in [1.54, 1.807) is 49.5 Å². The summed E-state index contributed by atoms with van der Waals surface area (Å²) in [6, 6.07) is 17.3. The molecule has 38 heavy (non-hydrogen) atoms. The lowest BCUT2D eigenvalue weighted by atomic mass is 10.1. The maximum absolute atomic E-state index is 13.9. The number of esters is 1. The molecule has 0 radical (unpaired) electrons. The predicted octanol–water partition coefficient (Wildman–Crippen LogP) is 7.26. The lowest BCUT2D eigenvalue weighted by Gasteiger charge is -2.27. The van der Waals surface area contributed by atoms with Crippen LogP contribution in [0.4, 0.5) is 11.4 Å². The molecule has 0 aliphatic rings. The minimum absolute atomic E-state index is 0.0575. The first-order chi connectivity index (χ1) is 18.1. The molecule has 1 heterocycles. The molecule has 4 rings (SSSR count). The molecule has 0 saturated heterocycles. The van der Waals surface area contributed by atoms with Crippen LogP contribution in [0.15, 0.2) is 70.0 Å². The summed E-state index contributed by atoms with van der Waals surface area (Å²) in [5, 5.41) is 0.988. The summed E-state index contributed by atoms with van der Waals surface area (Å²) in [7, 11) is -4.01. The van der Waals surface area contributed by atoms with Crippen LogP contribution in [0.3, 0.4) is 0 Å². The number of furan rings is 1. The Labute approximate surface area is 232 Å². The van der Waals surface area contributed by atoms with Gasteiger partial charge in [0.15, 0.2) is 0 Å². The molecule has 0 bridgehead atoms. The number of rotatable bonds is 9. The number of halogens is 2. The normalized spacial score (nSPS) is 11.5. The van der Waals surface area contributed by atoms with Crippen LogP contribution in [0.5, 0.6) is 0 Å². The van der Waals surface area contributed by atoms with Crippen LogP contribution in [0.25, 0.3) is 11.0 Å². The fraction of sp³-hybridized carbons (Fsp3) is 0.250. The molecule has 7 nitrogen and oxygen atoms in total. The van der Waals surface area contributed by atoms with Crippen molar-refractivity contribution < 1.29 is 22.4 Å². The van der Waals surface area contributed by atoms with Crippen LogP contribution in [0.1, 0.15) is 41.1 Å². The smallest absolute Gasteiger partial charge is 0.374 e. The van der Waals surface area contributed by atoms with Gasteiger partial charge >= 0.3 is 5.97 Å². The third kappa shape index (κ3) is 5.34. The first kappa shape index (κ1) is 27.8. The fourth-order valence-electron chi connectivity index (χ4n) is 4.34. The standard InChI is InChI=1S/C28H28Cl2N2O5S/c1-5-32(25-13-11-21(29)15-20(25)17-31(30)24-10-8-7-9-18(24)3)38(34,35)22-12-14-26-23(16-22)19(4)27(37-26)28(33)36-6-2/h7-16H,5-6,17H2,1-4H3.